The van der Waals surface area contributed by atoms with Crippen LogP contribution in [0.3, 0.4) is 0 Å². The number of halogens is 2. The van der Waals surface area contributed by atoms with E-state index in [0.717, 1.165) is 40.1 Å². The fraction of sp³-hybridized carbons (Fsp3) is 0.118. The van der Waals surface area contributed by atoms with Gasteiger partial charge in [-0.2, -0.15) is 0 Å². The van der Waals surface area contributed by atoms with Crippen molar-refractivity contribution in [1.29, 1.82) is 0 Å². The lowest BCUT2D eigenvalue weighted by Gasteiger charge is -2.10. The largest absolute Gasteiger partial charge is 0.384 e. The molecule has 3 aromatic rings. The van der Waals surface area contributed by atoms with Crippen molar-refractivity contribution >= 4 is 39.8 Å². The highest BCUT2D eigenvalue weighted by molar-refractivity contribution is 6.35. The van der Waals surface area contributed by atoms with Gasteiger partial charge in [-0.25, -0.2) is 0 Å². The predicted octanol–water partition coefficient (Wildman–Crippen LogP) is 5.20. The average molecular weight is 317 g/mol. The molecule has 0 aliphatic heterocycles. The number of benzene rings is 2. The van der Waals surface area contributed by atoms with Crippen molar-refractivity contribution in [3.05, 3.63) is 70.3 Å². The number of nitrogens with one attached hydrogen (secondary N) is 1. The van der Waals surface area contributed by atoms with Crippen LogP contribution in [-0.4, -0.2) is 11.5 Å². The monoisotopic (exact) mass is 316 g/mol. The summed E-state index contributed by atoms with van der Waals surface area (Å²) in [6.45, 7) is 0.801. The number of hydrogen-bond acceptors (Lipinski definition) is 2. The molecule has 0 atom stereocenters. The maximum Gasteiger partial charge on any atom is 0.0908 e. The molecule has 1 aromatic heterocycles. The van der Waals surface area contributed by atoms with Crippen LogP contribution in [0, 0.1) is 0 Å². The quantitative estimate of drug-likeness (QED) is 0.716. The highest BCUT2D eigenvalue weighted by Gasteiger charge is 2.05. The van der Waals surface area contributed by atoms with Gasteiger partial charge in [-0.15, -0.1) is 0 Å². The molecule has 0 saturated heterocycles. The van der Waals surface area contributed by atoms with Gasteiger partial charge in [-0.05, 0) is 30.2 Å². The number of hydrogen-bond donors (Lipinski definition) is 1. The van der Waals surface area contributed by atoms with E-state index in [-0.39, 0.29) is 0 Å². The molecule has 2 aromatic carbocycles. The zero-order valence-electron chi connectivity index (χ0n) is 11.3. The lowest BCUT2D eigenvalue weighted by atomic mass is 10.1. The first-order valence-corrected chi connectivity index (χ1v) is 7.52. The van der Waals surface area contributed by atoms with Gasteiger partial charge in [-0.3, -0.25) is 4.98 Å². The molecular weight excluding hydrogens is 303 g/mol. The van der Waals surface area contributed by atoms with Crippen molar-refractivity contribution in [2.45, 2.75) is 6.42 Å². The number of anilines is 1. The third-order valence-electron chi connectivity index (χ3n) is 3.39. The Kier molecular flexibility index (Phi) is 4.28. The molecule has 0 fully saturated rings. The minimum atomic E-state index is 0.669. The van der Waals surface area contributed by atoms with E-state index in [1.54, 1.807) is 6.20 Å². The highest BCUT2D eigenvalue weighted by Crippen LogP contribution is 2.27. The number of para-hydroxylation sites is 1. The van der Waals surface area contributed by atoms with E-state index in [1.165, 1.54) is 0 Å². The van der Waals surface area contributed by atoms with Crippen LogP contribution < -0.4 is 5.32 Å². The predicted molar refractivity (Wildman–Crippen MR) is 90.4 cm³/mol. The fourth-order valence-corrected chi connectivity index (χ4v) is 2.78. The Hall–Kier alpha value is -1.77. The van der Waals surface area contributed by atoms with E-state index in [2.05, 4.69) is 10.3 Å². The van der Waals surface area contributed by atoms with Gasteiger partial charge in [0.2, 0.25) is 0 Å². The zero-order valence-corrected chi connectivity index (χ0v) is 12.8. The van der Waals surface area contributed by atoms with Crippen LogP contribution in [0.4, 0.5) is 5.69 Å². The zero-order chi connectivity index (χ0) is 14.7. The summed E-state index contributed by atoms with van der Waals surface area (Å²) < 4.78 is 0. The first kappa shape index (κ1) is 14.2. The maximum atomic E-state index is 6.17. The summed E-state index contributed by atoms with van der Waals surface area (Å²) in [6, 6.07) is 15.7. The fourth-order valence-electron chi connectivity index (χ4n) is 2.33. The van der Waals surface area contributed by atoms with Gasteiger partial charge in [0, 0.05) is 28.8 Å². The van der Waals surface area contributed by atoms with Gasteiger partial charge < -0.3 is 5.32 Å². The van der Waals surface area contributed by atoms with E-state index in [4.69, 9.17) is 23.2 Å². The molecule has 0 aliphatic carbocycles. The molecule has 106 valence electrons. The Balaban J connectivity index is 1.77. The van der Waals surface area contributed by atoms with Crippen molar-refractivity contribution in [2.24, 2.45) is 0 Å². The SMILES string of the molecule is Clc1ccccc1CCNc1ccnc2c(Cl)cccc12. The first-order valence-electron chi connectivity index (χ1n) is 6.76. The minimum absolute atomic E-state index is 0.669. The van der Waals surface area contributed by atoms with E-state index >= 15 is 0 Å². The number of fused-ring (bicyclic) bond motifs is 1. The summed E-state index contributed by atoms with van der Waals surface area (Å²) in [6.07, 6.45) is 2.64. The second kappa shape index (κ2) is 6.33. The summed E-state index contributed by atoms with van der Waals surface area (Å²) in [5.41, 5.74) is 3.00. The van der Waals surface area contributed by atoms with Crippen LogP contribution in [0.5, 0.6) is 0 Å². The smallest absolute Gasteiger partial charge is 0.0908 e. The first-order chi connectivity index (χ1) is 10.3. The number of aromatic nitrogens is 1. The Morgan fingerprint density at radius 2 is 1.71 bits per heavy atom. The molecule has 1 heterocycles. The molecule has 1 N–H and O–H groups in total. The van der Waals surface area contributed by atoms with Crippen molar-refractivity contribution in [3.63, 3.8) is 0 Å². The molecule has 3 rings (SSSR count). The molecule has 0 aliphatic rings. The molecule has 0 unspecified atom stereocenters. The summed E-state index contributed by atoms with van der Waals surface area (Å²) >= 11 is 12.3. The minimum Gasteiger partial charge on any atom is -0.384 e. The van der Waals surface area contributed by atoms with Gasteiger partial charge in [0.1, 0.15) is 0 Å². The van der Waals surface area contributed by atoms with Gasteiger partial charge in [-0.1, -0.05) is 53.5 Å². The molecule has 4 heteroatoms. The molecule has 0 bridgehead atoms. The topological polar surface area (TPSA) is 24.9 Å². The lowest BCUT2D eigenvalue weighted by Crippen LogP contribution is -2.05. The van der Waals surface area contributed by atoms with Crippen LogP contribution in [-0.2, 0) is 6.42 Å². The summed E-state index contributed by atoms with van der Waals surface area (Å²) in [5, 5.41) is 5.94. The second-order valence-corrected chi connectivity index (χ2v) is 5.58. The van der Waals surface area contributed by atoms with E-state index < -0.39 is 0 Å². The maximum absolute atomic E-state index is 6.17. The van der Waals surface area contributed by atoms with E-state index in [0.29, 0.717) is 5.02 Å². The molecule has 0 saturated carbocycles. The van der Waals surface area contributed by atoms with E-state index in [9.17, 15) is 0 Å². The summed E-state index contributed by atoms with van der Waals surface area (Å²) in [4.78, 5) is 4.33. The number of rotatable bonds is 4. The molecule has 0 amide bonds. The Morgan fingerprint density at radius 3 is 2.57 bits per heavy atom. The second-order valence-electron chi connectivity index (χ2n) is 4.76. The highest BCUT2D eigenvalue weighted by atomic mass is 35.5. The Labute approximate surface area is 133 Å². The van der Waals surface area contributed by atoms with Crippen molar-refractivity contribution in [2.75, 3.05) is 11.9 Å². The van der Waals surface area contributed by atoms with Crippen LogP contribution in [0.25, 0.3) is 10.9 Å². The molecular formula is C17H14Cl2N2. The van der Waals surface area contributed by atoms with Crippen LogP contribution >= 0.6 is 23.2 Å². The molecule has 0 spiro atoms. The van der Waals surface area contributed by atoms with Crippen LogP contribution in [0.1, 0.15) is 5.56 Å². The van der Waals surface area contributed by atoms with Gasteiger partial charge in [0.15, 0.2) is 0 Å². The third kappa shape index (κ3) is 3.12. The Morgan fingerprint density at radius 1 is 0.905 bits per heavy atom. The number of nitrogens with zero attached hydrogens (tertiary/aromatic N) is 1. The third-order valence-corrected chi connectivity index (χ3v) is 4.06. The van der Waals surface area contributed by atoms with Crippen molar-refractivity contribution < 1.29 is 0 Å². The number of pyridine rings is 1. The van der Waals surface area contributed by atoms with Gasteiger partial charge >= 0.3 is 0 Å². The normalized spacial score (nSPS) is 10.8. The van der Waals surface area contributed by atoms with Crippen molar-refractivity contribution in [1.82, 2.24) is 4.98 Å². The summed E-state index contributed by atoms with van der Waals surface area (Å²) in [7, 11) is 0. The van der Waals surface area contributed by atoms with Crippen LogP contribution in [0.15, 0.2) is 54.7 Å². The molecule has 21 heavy (non-hydrogen) atoms. The lowest BCUT2D eigenvalue weighted by molar-refractivity contribution is 1.02. The molecule has 0 radical (unpaired) electrons. The van der Waals surface area contributed by atoms with Gasteiger partial charge in [0.25, 0.3) is 0 Å². The average Bonchev–Trinajstić information content (AvgIpc) is 2.50. The van der Waals surface area contributed by atoms with E-state index in [1.807, 2.05) is 48.5 Å². The van der Waals surface area contributed by atoms with Crippen LogP contribution in [0.2, 0.25) is 10.0 Å². The van der Waals surface area contributed by atoms with Crippen molar-refractivity contribution in [3.8, 4) is 0 Å². The Bertz CT molecular complexity index is 772. The molecule has 2 nitrogen and oxygen atoms in total. The standard InChI is InChI=1S/C17H14Cl2N2/c18-14-6-2-1-4-12(14)8-10-20-16-9-11-21-17-13(16)5-3-7-15(17)19/h1-7,9,11H,8,10H2,(H,20,21). The van der Waals surface area contributed by atoms with Gasteiger partial charge in [0.05, 0.1) is 10.5 Å². The summed E-state index contributed by atoms with van der Waals surface area (Å²) in [5.74, 6) is 0.